The number of hydrogen-bond acceptors (Lipinski definition) is 5. The van der Waals surface area contributed by atoms with Crippen LogP contribution in [0.15, 0.2) is 6.07 Å². The quantitative estimate of drug-likeness (QED) is 0.777. The molecule has 0 aliphatic rings. The van der Waals surface area contributed by atoms with Gasteiger partial charge in [0, 0.05) is 5.56 Å². The standard InChI is InChI=1S/C12H16O5/c1-6-5-7(2)11(16-3)9(13)8(6)10(14)12(15)17-4/h5,10,13-14H,1-4H3. The van der Waals surface area contributed by atoms with Gasteiger partial charge >= 0.3 is 5.97 Å². The van der Waals surface area contributed by atoms with Crippen molar-refractivity contribution in [3.05, 3.63) is 22.8 Å². The molecule has 5 nitrogen and oxygen atoms in total. The van der Waals surface area contributed by atoms with Gasteiger partial charge in [-0.15, -0.1) is 0 Å². The normalized spacial score (nSPS) is 12.1. The van der Waals surface area contributed by atoms with Crippen molar-refractivity contribution in [1.29, 1.82) is 0 Å². The summed E-state index contributed by atoms with van der Waals surface area (Å²) in [5.74, 6) is -0.814. The van der Waals surface area contributed by atoms with Crippen LogP contribution >= 0.6 is 0 Å². The van der Waals surface area contributed by atoms with E-state index < -0.39 is 12.1 Å². The maximum Gasteiger partial charge on any atom is 0.339 e. The number of aromatic hydroxyl groups is 1. The van der Waals surface area contributed by atoms with Crippen LogP contribution in [0.5, 0.6) is 11.5 Å². The summed E-state index contributed by atoms with van der Waals surface area (Å²) >= 11 is 0. The van der Waals surface area contributed by atoms with Gasteiger partial charge in [0.05, 0.1) is 14.2 Å². The summed E-state index contributed by atoms with van der Waals surface area (Å²) in [6, 6.07) is 1.72. The number of aliphatic hydroxyl groups is 1. The first kappa shape index (κ1) is 13.3. The van der Waals surface area contributed by atoms with E-state index in [9.17, 15) is 15.0 Å². The highest BCUT2D eigenvalue weighted by molar-refractivity contribution is 5.78. The van der Waals surface area contributed by atoms with Gasteiger partial charge in [-0.05, 0) is 25.0 Å². The Balaban J connectivity index is 3.38. The molecule has 1 unspecified atom stereocenters. The average molecular weight is 240 g/mol. The molecule has 0 aromatic heterocycles. The molecular formula is C12H16O5. The second kappa shape index (κ2) is 5.05. The molecule has 5 heteroatoms. The Labute approximate surface area is 99.6 Å². The van der Waals surface area contributed by atoms with E-state index >= 15 is 0 Å². The highest BCUT2D eigenvalue weighted by Gasteiger charge is 2.26. The summed E-state index contributed by atoms with van der Waals surface area (Å²) in [7, 11) is 2.58. The number of carbonyl (C=O) groups excluding carboxylic acids is 1. The minimum absolute atomic E-state index is 0.110. The van der Waals surface area contributed by atoms with Gasteiger partial charge in [0.2, 0.25) is 0 Å². The lowest BCUT2D eigenvalue weighted by molar-refractivity contribution is -0.150. The molecule has 0 amide bonds. The van der Waals surface area contributed by atoms with E-state index in [1.54, 1.807) is 19.9 Å². The van der Waals surface area contributed by atoms with E-state index in [1.165, 1.54) is 14.2 Å². The van der Waals surface area contributed by atoms with Crippen molar-refractivity contribution >= 4 is 5.97 Å². The molecule has 0 spiro atoms. The average Bonchev–Trinajstić information content (AvgIpc) is 2.27. The van der Waals surface area contributed by atoms with Crippen LogP contribution in [0.25, 0.3) is 0 Å². The Hall–Kier alpha value is -1.75. The monoisotopic (exact) mass is 240 g/mol. The highest BCUT2D eigenvalue weighted by Crippen LogP contribution is 2.39. The smallest absolute Gasteiger partial charge is 0.339 e. The van der Waals surface area contributed by atoms with Gasteiger partial charge in [-0.25, -0.2) is 4.79 Å². The zero-order valence-corrected chi connectivity index (χ0v) is 10.3. The first-order valence-corrected chi connectivity index (χ1v) is 5.07. The van der Waals surface area contributed by atoms with Gasteiger partial charge in [-0.2, -0.15) is 0 Å². The first-order chi connectivity index (χ1) is 7.93. The van der Waals surface area contributed by atoms with Crippen LogP contribution in [-0.2, 0) is 9.53 Å². The maximum absolute atomic E-state index is 11.3. The summed E-state index contributed by atoms with van der Waals surface area (Å²) in [5.41, 5.74) is 1.43. The number of ether oxygens (including phenoxy) is 2. The fourth-order valence-electron chi connectivity index (χ4n) is 1.80. The number of phenols is 1. The molecule has 1 aromatic carbocycles. The van der Waals surface area contributed by atoms with Crippen molar-refractivity contribution in [3.8, 4) is 11.5 Å². The van der Waals surface area contributed by atoms with Crippen molar-refractivity contribution in [2.75, 3.05) is 14.2 Å². The Morgan fingerprint density at radius 2 is 1.88 bits per heavy atom. The topological polar surface area (TPSA) is 76.0 Å². The molecule has 0 aliphatic carbocycles. The molecule has 0 saturated carbocycles. The van der Waals surface area contributed by atoms with Gasteiger partial charge in [0.15, 0.2) is 17.6 Å². The molecule has 17 heavy (non-hydrogen) atoms. The van der Waals surface area contributed by atoms with E-state index in [1.807, 2.05) is 0 Å². The maximum atomic E-state index is 11.3. The molecule has 0 radical (unpaired) electrons. The summed E-state index contributed by atoms with van der Waals surface area (Å²) in [6.45, 7) is 3.45. The molecule has 0 saturated heterocycles. The molecular weight excluding hydrogens is 224 g/mol. The van der Waals surface area contributed by atoms with Gasteiger partial charge in [-0.3, -0.25) is 0 Å². The molecule has 0 bridgehead atoms. The molecule has 2 N–H and O–H groups in total. The molecule has 1 aromatic rings. The summed E-state index contributed by atoms with van der Waals surface area (Å²) in [6.07, 6.45) is -1.52. The van der Waals surface area contributed by atoms with Gasteiger partial charge in [0.25, 0.3) is 0 Å². The number of aryl methyl sites for hydroxylation is 2. The van der Waals surface area contributed by atoms with Gasteiger partial charge < -0.3 is 19.7 Å². The summed E-state index contributed by atoms with van der Waals surface area (Å²) in [4.78, 5) is 11.3. The van der Waals surface area contributed by atoms with Crippen molar-refractivity contribution in [1.82, 2.24) is 0 Å². The van der Waals surface area contributed by atoms with Crippen molar-refractivity contribution < 1.29 is 24.5 Å². The lowest BCUT2D eigenvalue weighted by atomic mass is 9.98. The van der Waals surface area contributed by atoms with E-state index in [-0.39, 0.29) is 17.1 Å². The minimum Gasteiger partial charge on any atom is -0.504 e. The largest absolute Gasteiger partial charge is 0.504 e. The number of benzene rings is 1. The lowest BCUT2D eigenvalue weighted by Gasteiger charge is -2.17. The highest BCUT2D eigenvalue weighted by atomic mass is 16.5. The van der Waals surface area contributed by atoms with Crippen molar-refractivity contribution in [2.24, 2.45) is 0 Å². The second-order valence-electron chi connectivity index (χ2n) is 3.73. The zero-order valence-electron chi connectivity index (χ0n) is 10.3. The predicted octanol–water partition coefficient (Wildman–Crippen LogP) is 1.22. The second-order valence-corrected chi connectivity index (χ2v) is 3.73. The molecule has 1 rings (SSSR count). The number of rotatable bonds is 3. The number of carbonyl (C=O) groups is 1. The van der Waals surface area contributed by atoms with Crippen LogP contribution in [0.3, 0.4) is 0 Å². The van der Waals surface area contributed by atoms with Crippen LogP contribution in [0.1, 0.15) is 22.8 Å². The van der Waals surface area contributed by atoms with E-state index in [0.29, 0.717) is 5.56 Å². The van der Waals surface area contributed by atoms with Crippen LogP contribution in [0.4, 0.5) is 0 Å². The number of hydrogen-bond donors (Lipinski definition) is 2. The molecule has 0 aliphatic heterocycles. The summed E-state index contributed by atoms with van der Waals surface area (Å²) in [5, 5.41) is 19.7. The van der Waals surface area contributed by atoms with Gasteiger partial charge in [0.1, 0.15) is 0 Å². The Morgan fingerprint density at radius 1 is 1.29 bits per heavy atom. The van der Waals surface area contributed by atoms with Crippen molar-refractivity contribution in [2.45, 2.75) is 20.0 Å². The number of esters is 1. The third-order valence-corrected chi connectivity index (χ3v) is 2.59. The Morgan fingerprint density at radius 3 is 2.35 bits per heavy atom. The minimum atomic E-state index is -1.52. The fourth-order valence-corrected chi connectivity index (χ4v) is 1.80. The lowest BCUT2D eigenvalue weighted by Crippen LogP contribution is -2.15. The van der Waals surface area contributed by atoms with Crippen LogP contribution < -0.4 is 4.74 Å². The first-order valence-electron chi connectivity index (χ1n) is 5.07. The molecule has 1 atom stereocenters. The summed E-state index contributed by atoms with van der Waals surface area (Å²) < 4.78 is 9.46. The molecule has 0 heterocycles. The zero-order chi connectivity index (χ0) is 13.2. The predicted molar refractivity (Wildman–Crippen MR) is 61.1 cm³/mol. The van der Waals surface area contributed by atoms with E-state index in [2.05, 4.69) is 4.74 Å². The van der Waals surface area contributed by atoms with Gasteiger partial charge in [-0.1, -0.05) is 6.07 Å². The van der Waals surface area contributed by atoms with Crippen LogP contribution in [0, 0.1) is 13.8 Å². The van der Waals surface area contributed by atoms with E-state index in [4.69, 9.17) is 4.74 Å². The number of phenolic OH excluding ortho intramolecular Hbond substituents is 1. The number of methoxy groups -OCH3 is 2. The number of aliphatic hydroxyl groups excluding tert-OH is 1. The van der Waals surface area contributed by atoms with Crippen molar-refractivity contribution in [3.63, 3.8) is 0 Å². The fraction of sp³-hybridized carbons (Fsp3) is 0.417. The van der Waals surface area contributed by atoms with Crippen LogP contribution in [-0.4, -0.2) is 30.4 Å². The SMILES string of the molecule is COC(=O)C(O)c1c(C)cc(C)c(OC)c1O. The molecule has 94 valence electrons. The third kappa shape index (κ3) is 2.34. The molecule has 0 fully saturated rings. The third-order valence-electron chi connectivity index (χ3n) is 2.59. The van der Waals surface area contributed by atoms with Crippen LogP contribution in [0.2, 0.25) is 0 Å². The Kier molecular flexibility index (Phi) is 3.96. The Bertz CT molecular complexity index is 439. The van der Waals surface area contributed by atoms with E-state index in [0.717, 1.165) is 5.56 Å².